The summed E-state index contributed by atoms with van der Waals surface area (Å²) in [6, 6.07) is 4.43. The van der Waals surface area contributed by atoms with Crippen LogP contribution in [-0.2, 0) is 10.0 Å². The number of nitro benzene ring substituents is 1. The Labute approximate surface area is 119 Å². The van der Waals surface area contributed by atoms with Crippen molar-refractivity contribution in [1.29, 1.82) is 0 Å². The lowest BCUT2D eigenvalue weighted by Gasteiger charge is -2.13. The molecule has 0 bridgehead atoms. The zero-order valence-electron chi connectivity index (χ0n) is 10.1. The van der Waals surface area contributed by atoms with Crippen LogP contribution in [0.25, 0.3) is 0 Å². The van der Waals surface area contributed by atoms with Crippen LogP contribution in [0.5, 0.6) is 5.75 Å². The minimum absolute atomic E-state index is 0.0138. The smallest absolute Gasteiger partial charge is 0.312 e. The van der Waals surface area contributed by atoms with Crippen molar-refractivity contribution in [3.05, 3.63) is 32.8 Å². The maximum Gasteiger partial charge on any atom is 0.312 e. The van der Waals surface area contributed by atoms with Crippen LogP contribution in [0, 0.1) is 16.0 Å². The minimum atomic E-state index is -3.59. The Kier molecular flexibility index (Phi) is 5.27. The summed E-state index contributed by atoms with van der Waals surface area (Å²) >= 11 is 3.15. The molecule has 0 amide bonds. The first kappa shape index (κ1) is 15.9. The molecule has 19 heavy (non-hydrogen) atoms. The second-order valence-corrected chi connectivity index (χ2v) is 6.60. The average molecular weight is 353 g/mol. The lowest BCUT2D eigenvalue weighted by atomic mass is 10.2. The van der Waals surface area contributed by atoms with Gasteiger partial charge < -0.3 is 4.74 Å². The molecule has 1 aromatic rings. The number of benzene rings is 1. The van der Waals surface area contributed by atoms with Gasteiger partial charge in [0.1, 0.15) is 0 Å². The quantitative estimate of drug-likeness (QED) is 0.617. The summed E-state index contributed by atoms with van der Waals surface area (Å²) in [5, 5.41) is 15.7. The number of sulfonamides is 1. The number of rotatable bonds is 6. The van der Waals surface area contributed by atoms with Gasteiger partial charge in [-0.3, -0.25) is 10.1 Å². The fraction of sp³-hybridized carbons (Fsp3) is 0.400. The summed E-state index contributed by atoms with van der Waals surface area (Å²) in [6.45, 7) is 1.65. The number of nitrogens with two attached hydrogens (primary N) is 1. The normalized spacial score (nSPS) is 13.0. The zero-order chi connectivity index (χ0) is 14.6. The van der Waals surface area contributed by atoms with E-state index in [1.54, 1.807) is 13.0 Å². The molecule has 0 aliphatic carbocycles. The van der Waals surface area contributed by atoms with Crippen LogP contribution in [-0.4, -0.2) is 25.7 Å². The van der Waals surface area contributed by atoms with Crippen LogP contribution in [0.4, 0.5) is 5.69 Å². The highest BCUT2D eigenvalue weighted by atomic mass is 79.9. The largest absolute Gasteiger partial charge is 0.486 e. The SMILES string of the molecule is CC(COc1c(Br)cccc1[N+](=O)[O-])CS(N)(=O)=O. The summed E-state index contributed by atoms with van der Waals surface area (Å²) in [5.74, 6) is -0.541. The Morgan fingerprint density at radius 2 is 2.16 bits per heavy atom. The number of halogens is 1. The van der Waals surface area contributed by atoms with E-state index < -0.39 is 14.9 Å². The number of hydrogen-bond acceptors (Lipinski definition) is 5. The van der Waals surface area contributed by atoms with Gasteiger partial charge in [-0.05, 0) is 22.0 Å². The van der Waals surface area contributed by atoms with Gasteiger partial charge in [0, 0.05) is 12.0 Å². The first-order valence-corrected chi connectivity index (χ1v) is 7.77. The van der Waals surface area contributed by atoms with Gasteiger partial charge in [-0.2, -0.15) is 0 Å². The number of ether oxygens (including phenoxy) is 1. The highest BCUT2D eigenvalue weighted by Crippen LogP contribution is 2.34. The molecule has 7 nitrogen and oxygen atoms in total. The summed E-state index contributed by atoms with van der Waals surface area (Å²) in [7, 11) is -3.59. The second kappa shape index (κ2) is 6.31. The van der Waals surface area contributed by atoms with Gasteiger partial charge in [-0.25, -0.2) is 13.6 Å². The van der Waals surface area contributed by atoms with E-state index in [-0.39, 0.29) is 29.7 Å². The van der Waals surface area contributed by atoms with E-state index in [2.05, 4.69) is 15.9 Å². The second-order valence-electron chi connectivity index (χ2n) is 4.09. The van der Waals surface area contributed by atoms with E-state index in [9.17, 15) is 18.5 Å². The summed E-state index contributed by atoms with van der Waals surface area (Å²) in [5.41, 5.74) is -0.183. The van der Waals surface area contributed by atoms with E-state index in [4.69, 9.17) is 9.88 Å². The van der Waals surface area contributed by atoms with Crippen molar-refractivity contribution < 1.29 is 18.1 Å². The summed E-state index contributed by atoms with van der Waals surface area (Å²) in [4.78, 5) is 10.3. The van der Waals surface area contributed by atoms with Gasteiger partial charge in [0.25, 0.3) is 0 Å². The van der Waals surface area contributed by atoms with Crippen molar-refractivity contribution in [2.24, 2.45) is 11.1 Å². The Hall–Kier alpha value is -1.19. The molecule has 0 heterocycles. The van der Waals surface area contributed by atoms with Crippen LogP contribution < -0.4 is 9.88 Å². The average Bonchev–Trinajstić information content (AvgIpc) is 2.24. The first-order valence-electron chi connectivity index (χ1n) is 5.27. The fourth-order valence-corrected chi connectivity index (χ4v) is 2.81. The van der Waals surface area contributed by atoms with Gasteiger partial charge >= 0.3 is 5.69 Å². The van der Waals surface area contributed by atoms with Crippen LogP contribution in [0.15, 0.2) is 22.7 Å². The van der Waals surface area contributed by atoms with E-state index in [0.717, 1.165) is 0 Å². The third-order valence-electron chi connectivity index (χ3n) is 2.17. The lowest BCUT2D eigenvalue weighted by molar-refractivity contribution is -0.386. The molecule has 106 valence electrons. The van der Waals surface area contributed by atoms with Crippen molar-refractivity contribution >= 4 is 31.6 Å². The van der Waals surface area contributed by atoms with Crippen LogP contribution in [0.2, 0.25) is 0 Å². The molecule has 0 saturated heterocycles. The van der Waals surface area contributed by atoms with Crippen LogP contribution >= 0.6 is 15.9 Å². The Balaban J connectivity index is 2.80. The highest BCUT2D eigenvalue weighted by molar-refractivity contribution is 9.10. The summed E-state index contributed by atoms with van der Waals surface area (Å²) in [6.07, 6.45) is 0. The van der Waals surface area contributed by atoms with E-state index in [0.29, 0.717) is 4.47 Å². The Bertz CT molecular complexity index is 575. The van der Waals surface area contributed by atoms with Crippen LogP contribution in [0.1, 0.15) is 6.92 Å². The number of primary sulfonamides is 1. The molecule has 1 aromatic carbocycles. The Morgan fingerprint density at radius 1 is 1.53 bits per heavy atom. The predicted molar refractivity (Wildman–Crippen MR) is 73.4 cm³/mol. The molecule has 0 spiro atoms. The first-order chi connectivity index (χ1) is 8.70. The highest BCUT2D eigenvalue weighted by Gasteiger charge is 2.19. The molecule has 0 saturated carbocycles. The topological polar surface area (TPSA) is 113 Å². The third kappa shape index (κ3) is 5.13. The Morgan fingerprint density at radius 3 is 2.68 bits per heavy atom. The molecular formula is C10H13BrN2O5S. The predicted octanol–water partition coefficient (Wildman–Crippen LogP) is 1.66. The number of nitro groups is 1. The minimum Gasteiger partial charge on any atom is -0.486 e. The van der Waals surface area contributed by atoms with Crippen molar-refractivity contribution in [3.63, 3.8) is 0 Å². The molecule has 1 atom stereocenters. The standard InChI is InChI=1S/C10H13BrN2O5S/c1-7(6-19(12,16)17)5-18-10-8(11)3-2-4-9(10)13(14)15/h2-4,7H,5-6H2,1H3,(H2,12,16,17). The van der Waals surface area contributed by atoms with Crippen molar-refractivity contribution in [2.75, 3.05) is 12.4 Å². The molecule has 0 aliphatic heterocycles. The fourth-order valence-electron chi connectivity index (χ4n) is 1.45. The van der Waals surface area contributed by atoms with Crippen molar-refractivity contribution in [2.45, 2.75) is 6.92 Å². The van der Waals surface area contributed by atoms with Gasteiger partial charge in [0.2, 0.25) is 15.8 Å². The maximum absolute atomic E-state index is 10.9. The third-order valence-corrected chi connectivity index (χ3v) is 3.83. The monoisotopic (exact) mass is 352 g/mol. The number of para-hydroxylation sites is 1. The maximum atomic E-state index is 10.9. The van der Waals surface area contributed by atoms with Crippen molar-refractivity contribution in [3.8, 4) is 5.75 Å². The van der Waals surface area contributed by atoms with Crippen molar-refractivity contribution in [1.82, 2.24) is 0 Å². The molecule has 9 heteroatoms. The number of hydrogen-bond donors (Lipinski definition) is 1. The molecule has 0 radical (unpaired) electrons. The van der Waals surface area contributed by atoms with Crippen LogP contribution in [0.3, 0.4) is 0 Å². The molecule has 1 unspecified atom stereocenters. The van der Waals surface area contributed by atoms with E-state index >= 15 is 0 Å². The van der Waals surface area contributed by atoms with E-state index in [1.165, 1.54) is 12.1 Å². The summed E-state index contributed by atoms with van der Waals surface area (Å²) < 4.78 is 27.6. The molecular weight excluding hydrogens is 340 g/mol. The zero-order valence-corrected chi connectivity index (χ0v) is 12.5. The van der Waals surface area contributed by atoms with Gasteiger partial charge in [-0.1, -0.05) is 13.0 Å². The van der Waals surface area contributed by atoms with E-state index in [1.807, 2.05) is 0 Å². The molecule has 2 N–H and O–H groups in total. The van der Waals surface area contributed by atoms with Gasteiger partial charge in [0.05, 0.1) is 21.8 Å². The van der Waals surface area contributed by atoms with Gasteiger partial charge in [-0.15, -0.1) is 0 Å². The lowest BCUT2D eigenvalue weighted by Crippen LogP contribution is -2.25. The molecule has 0 aromatic heterocycles. The molecule has 1 rings (SSSR count). The van der Waals surface area contributed by atoms with Gasteiger partial charge in [0.15, 0.2) is 0 Å². The molecule has 0 aliphatic rings. The molecule has 0 fully saturated rings. The number of nitrogens with zero attached hydrogens (tertiary/aromatic N) is 1.